The van der Waals surface area contributed by atoms with Crippen LogP contribution in [0.4, 0.5) is 0 Å². The van der Waals surface area contributed by atoms with Gasteiger partial charge in [-0.3, -0.25) is 0 Å². The molecule has 2 nitrogen and oxygen atoms in total. The summed E-state index contributed by atoms with van der Waals surface area (Å²) in [7, 11) is 0. The number of aliphatic hydroxyl groups is 2. The van der Waals surface area contributed by atoms with Crippen LogP contribution < -0.4 is 0 Å². The highest BCUT2D eigenvalue weighted by Crippen LogP contribution is 2.67. The fraction of sp³-hybridized carbons (Fsp3) is 0.933. The SMILES string of the molecule is CC.CC(S)CO.CCCCCC1CCC2C3CC=C4C[C@@](C)(O)CCC4(C)C3CCC12C. The first-order chi connectivity index (χ1) is 15.6. The van der Waals surface area contributed by atoms with Crippen LogP contribution in [-0.4, -0.2) is 27.7 Å². The van der Waals surface area contributed by atoms with Crippen molar-refractivity contribution in [3.05, 3.63) is 11.6 Å². The van der Waals surface area contributed by atoms with E-state index in [-0.39, 0.29) is 11.9 Å². The van der Waals surface area contributed by atoms with Gasteiger partial charge in [0.05, 0.1) is 12.2 Å². The Hall–Kier alpha value is 0.01000. The van der Waals surface area contributed by atoms with Gasteiger partial charge in [0.2, 0.25) is 0 Å². The number of thiol groups is 1. The van der Waals surface area contributed by atoms with E-state index < -0.39 is 5.60 Å². The molecule has 0 spiro atoms. The smallest absolute Gasteiger partial charge is 0.0657 e. The zero-order valence-electron chi connectivity index (χ0n) is 23.0. The Balaban J connectivity index is 0.000000489. The molecule has 33 heavy (non-hydrogen) atoms. The van der Waals surface area contributed by atoms with E-state index >= 15 is 0 Å². The van der Waals surface area contributed by atoms with E-state index in [0.717, 1.165) is 36.5 Å². The van der Waals surface area contributed by atoms with Crippen molar-refractivity contribution < 1.29 is 10.2 Å². The van der Waals surface area contributed by atoms with Crippen molar-refractivity contribution in [2.45, 2.75) is 136 Å². The second kappa shape index (κ2) is 12.3. The Morgan fingerprint density at radius 3 is 2.30 bits per heavy atom. The minimum Gasteiger partial charge on any atom is -0.395 e. The van der Waals surface area contributed by atoms with Gasteiger partial charge in [-0.1, -0.05) is 72.5 Å². The molecule has 0 saturated heterocycles. The highest BCUT2D eigenvalue weighted by molar-refractivity contribution is 7.80. The molecule has 4 aliphatic rings. The number of allylic oxidation sites excluding steroid dienone is 1. The summed E-state index contributed by atoms with van der Waals surface area (Å²) in [5, 5.41) is 18.8. The second-order valence-electron chi connectivity index (χ2n) is 12.3. The van der Waals surface area contributed by atoms with E-state index in [1.165, 1.54) is 64.2 Å². The van der Waals surface area contributed by atoms with Crippen molar-refractivity contribution in [2.75, 3.05) is 6.61 Å². The fourth-order valence-electron chi connectivity index (χ4n) is 8.03. The molecule has 3 heteroatoms. The minimum absolute atomic E-state index is 0.134. The van der Waals surface area contributed by atoms with Crippen molar-refractivity contribution in [1.82, 2.24) is 0 Å². The zero-order valence-corrected chi connectivity index (χ0v) is 23.9. The average molecular weight is 481 g/mol. The van der Waals surface area contributed by atoms with Crippen molar-refractivity contribution in [3.8, 4) is 0 Å². The van der Waals surface area contributed by atoms with Crippen LogP contribution in [0.25, 0.3) is 0 Å². The molecule has 0 radical (unpaired) electrons. The Morgan fingerprint density at radius 1 is 1.03 bits per heavy atom. The molecule has 7 unspecified atom stereocenters. The van der Waals surface area contributed by atoms with Crippen LogP contribution in [-0.2, 0) is 0 Å². The molecule has 0 bridgehead atoms. The maximum absolute atomic E-state index is 10.6. The predicted octanol–water partition coefficient (Wildman–Crippen LogP) is 8.22. The summed E-state index contributed by atoms with van der Waals surface area (Å²) in [5.41, 5.74) is 2.15. The standard InChI is InChI=1S/C25H42O.C3H8OS.C2H6/c1-5-6-7-8-18-10-12-21-20-11-9-19-17-23(2,26)15-16-25(19,4)22(20)13-14-24(18,21)3;1-3(5)2-4;1-2/h9,18,20-22,26H,5-8,10-17H2,1-4H3;3-5H,2H2,1H3;1-2H3/t18?,20?,21?,22?,23-,24?,25?;;/m0../s1. The van der Waals surface area contributed by atoms with E-state index in [4.69, 9.17) is 5.11 Å². The Kier molecular flexibility index (Phi) is 10.9. The average Bonchev–Trinajstić information content (AvgIpc) is 3.12. The highest BCUT2D eigenvalue weighted by atomic mass is 32.1. The molecule has 4 aliphatic carbocycles. The number of rotatable bonds is 5. The highest BCUT2D eigenvalue weighted by Gasteiger charge is 2.58. The van der Waals surface area contributed by atoms with Gasteiger partial charge in [-0.25, -0.2) is 0 Å². The molecular formula is C30H56O2S. The molecule has 3 fully saturated rings. The van der Waals surface area contributed by atoms with Gasteiger partial charge in [-0.05, 0) is 99.2 Å². The Morgan fingerprint density at radius 2 is 1.70 bits per heavy atom. The van der Waals surface area contributed by atoms with Crippen LogP contribution in [0.2, 0.25) is 0 Å². The zero-order chi connectivity index (χ0) is 24.9. The summed E-state index contributed by atoms with van der Waals surface area (Å²) in [6.45, 7) is 15.6. The molecular weight excluding hydrogens is 424 g/mol. The van der Waals surface area contributed by atoms with Crippen LogP contribution in [0.3, 0.4) is 0 Å². The van der Waals surface area contributed by atoms with Gasteiger partial charge >= 0.3 is 0 Å². The van der Waals surface area contributed by atoms with Crippen LogP contribution in [0.1, 0.15) is 126 Å². The Bertz CT molecular complexity index is 627. The van der Waals surface area contributed by atoms with Crippen LogP contribution in [0.15, 0.2) is 11.6 Å². The van der Waals surface area contributed by atoms with Crippen LogP contribution in [0.5, 0.6) is 0 Å². The maximum atomic E-state index is 10.6. The lowest BCUT2D eigenvalue weighted by Gasteiger charge is -2.59. The molecule has 0 amide bonds. The number of fused-ring (bicyclic) bond motifs is 5. The molecule has 0 aromatic heterocycles. The molecule has 0 aromatic rings. The monoisotopic (exact) mass is 480 g/mol. The molecule has 8 atom stereocenters. The number of aliphatic hydroxyl groups excluding tert-OH is 1. The van der Waals surface area contributed by atoms with Gasteiger partial charge in [0, 0.05) is 5.25 Å². The first kappa shape index (κ1) is 29.2. The third-order valence-corrected chi connectivity index (χ3v) is 10.2. The summed E-state index contributed by atoms with van der Waals surface area (Å²) >= 11 is 3.85. The van der Waals surface area contributed by atoms with Gasteiger partial charge in [0.1, 0.15) is 0 Å². The summed E-state index contributed by atoms with van der Waals surface area (Å²) in [6.07, 6.45) is 18.6. The quantitative estimate of drug-likeness (QED) is 0.211. The van der Waals surface area contributed by atoms with Crippen molar-refractivity contribution in [2.24, 2.45) is 34.5 Å². The van der Waals surface area contributed by atoms with Gasteiger partial charge in [0.25, 0.3) is 0 Å². The van der Waals surface area contributed by atoms with Crippen LogP contribution >= 0.6 is 12.6 Å². The molecule has 2 N–H and O–H groups in total. The summed E-state index contributed by atoms with van der Waals surface area (Å²) in [5.74, 6) is 3.75. The first-order valence-electron chi connectivity index (χ1n) is 14.3. The lowest BCUT2D eigenvalue weighted by molar-refractivity contribution is -0.0661. The topological polar surface area (TPSA) is 40.5 Å². The van der Waals surface area contributed by atoms with Gasteiger partial charge < -0.3 is 10.2 Å². The van der Waals surface area contributed by atoms with Crippen molar-refractivity contribution in [1.29, 1.82) is 0 Å². The van der Waals surface area contributed by atoms with Gasteiger partial charge in [-0.2, -0.15) is 12.6 Å². The summed E-state index contributed by atoms with van der Waals surface area (Å²) in [4.78, 5) is 0. The molecule has 0 heterocycles. The molecule has 194 valence electrons. The lowest BCUT2D eigenvalue weighted by Crippen LogP contribution is -2.51. The Labute approximate surface area is 211 Å². The first-order valence-corrected chi connectivity index (χ1v) is 14.8. The largest absolute Gasteiger partial charge is 0.395 e. The van der Waals surface area contributed by atoms with E-state index in [0.29, 0.717) is 10.8 Å². The van der Waals surface area contributed by atoms with E-state index in [9.17, 15) is 5.11 Å². The molecule has 0 aromatic carbocycles. The molecule has 0 aliphatic heterocycles. The van der Waals surface area contributed by atoms with Gasteiger partial charge in [-0.15, -0.1) is 0 Å². The lowest BCUT2D eigenvalue weighted by atomic mass is 9.46. The van der Waals surface area contributed by atoms with Crippen molar-refractivity contribution >= 4 is 12.6 Å². The number of unbranched alkanes of at least 4 members (excludes halogenated alkanes) is 2. The normalized spacial score (nSPS) is 42.3. The molecule has 3 saturated carbocycles. The minimum atomic E-state index is -0.459. The summed E-state index contributed by atoms with van der Waals surface area (Å²) < 4.78 is 0. The third kappa shape index (κ3) is 6.42. The van der Waals surface area contributed by atoms with Crippen LogP contribution in [0, 0.1) is 34.5 Å². The van der Waals surface area contributed by atoms with E-state index in [2.05, 4.69) is 46.4 Å². The van der Waals surface area contributed by atoms with Gasteiger partial charge in [0.15, 0.2) is 0 Å². The number of hydrogen-bond donors (Lipinski definition) is 3. The van der Waals surface area contributed by atoms with E-state index in [1.54, 1.807) is 5.57 Å². The van der Waals surface area contributed by atoms with Crippen molar-refractivity contribution in [3.63, 3.8) is 0 Å². The third-order valence-electron chi connectivity index (χ3n) is 10.00. The molecule has 4 rings (SSSR count). The maximum Gasteiger partial charge on any atom is 0.0657 e. The fourth-order valence-corrected chi connectivity index (χ4v) is 8.03. The second-order valence-corrected chi connectivity index (χ2v) is 13.2. The predicted molar refractivity (Wildman–Crippen MR) is 147 cm³/mol. The number of hydrogen-bond acceptors (Lipinski definition) is 3. The summed E-state index contributed by atoms with van der Waals surface area (Å²) in [6, 6.07) is 0. The van der Waals surface area contributed by atoms with E-state index in [1.807, 2.05) is 20.8 Å².